The van der Waals surface area contributed by atoms with Gasteiger partial charge in [-0.25, -0.2) is 13.6 Å². The molecule has 122 valence electrons. The van der Waals surface area contributed by atoms with E-state index in [0.717, 1.165) is 17.0 Å². The highest BCUT2D eigenvalue weighted by Gasteiger charge is 2.52. The Morgan fingerprint density at radius 1 is 1.22 bits per heavy atom. The fourth-order valence-corrected chi connectivity index (χ4v) is 2.68. The Balaban J connectivity index is 1.72. The highest BCUT2D eigenvalue weighted by Crippen LogP contribution is 2.36. The minimum atomic E-state index is -1.22. The van der Waals surface area contributed by atoms with Gasteiger partial charge in [0.1, 0.15) is 17.2 Å². The van der Waals surface area contributed by atoms with Gasteiger partial charge in [0, 0.05) is 24.7 Å². The summed E-state index contributed by atoms with van der Waals surface area (Å²) < 4.78 is 26.5. The van der Waals surface area contributed by atoms with E-state index in [2.05, 4.69) is 5.32 Å². The van der Waals surface area contributed by atoms with E-state index in [1.165, 1.54) is 0 Å². The van der Waals surface area contributed by atoms with Crippen LogP contribution in [-0.4, -0.2) is 35.0 Å². The molecule has 3 rings (SSSR count). The highest BCUT2D eigenvalue weighted by atomic mass is 19.1. The molecule has 0 radical (unpaired) electrons. The summed E-state index contributed by atoms with van der Waals surface area (Å²) in [4.78, 5) is 36.4. The Labute approximate surface area is 130 Å². The first-order chi connectivity index (χ1) is 10.8. The molecular formula is C15H14F2N2O4. The number of halogens is 2. The molecule has 0 bridgehead atoms. The third-order valence-electron chi connectivity index (χ3n) is 4.18. The fourth-order valence-electron chi connectivity index (χ4n) is 2.68. The maximum absolute atomic E-state index is 13.3. The van der Waals surface area contributed by atoms with Gasteiger partial charge in [-0.2, -0.15) is 0 Å². The molecule has 2 fully saturated rings. The number of carbonyl (C=O) groups is 3. The maximum Gasteiger partial charge on any atom is 0.329 e. The quantitative estimate of drug-likeness (QED) is 0.867. The molecule has 23 heavy (non-hydrogen) atoms. The van der Waals surface area contributed by atoms with Gasteiger partial charge in [-0.3, -0.25) is 9.59 Å². The number of carboxylic acids is 1. The van der Waals surface area contributed by atoms with Gasteiger partial charge in [0.25, 0.3) is 0 Å². The number of hydrogen-bond acceptors (Lipinski definition) is 3. The topological polar surface area (TPSA) is 86.7 Å². The third kappa shape index (κ3) is 2.88. The smallest absolute Gasteiger partial charge is 0.329 e. The molecule has 1 saturated carbocycles. The second-order valence-corrected chi connectivity index (χ2v) is 5.91. The predicted molar refractivity (Wildman–Crippen MR) is 74.6 cm³/mol. The lowest BCUT2D eigenvalue weighted by Gasteiger charge is -2.18. The van der Waals surface area contributed by atoms with Crippen LogP contribution >= 0.6 is 0 Å². The minimum Gasteiger partial charge on any atom is -0.480 e. The standard InChI is InChI=1S/C15H14F2N2O4/c16-9-4-10(17)6-11(5-9)19-7-8(3-12(19)20)13(21)18-15(1-2-15)14(22)23/h4-6,8H,1-3,7H2,(H,18,21)(H,22,23). The summed E-state index contributed by atoms with van der Waals surface area (Å²) in [6.45, 7) is -0.0384. The molecule has 8 heteroatoms. The van der Waals surface area contributed by atoms with Gasteiger partial charge in [-0.15, -0.1) is 0 Å². The Morgan fingerprint density at radius 2 is 1.83 bits per heavy atom. The molecule has 2 aliphatic rings. The van der Waals surface area contributed by atoms with E-state index in [0.29, 0.717) is 18.9 Å². The number of nitrogens with one attached hydrogen (secondary N) is 1. The van der Waals surface area contributed by atoms with Crippen molar-refractivity contribution in [1.29, 1.82) is 0 Å². The zero-order chi connectivity index (χ0) is 16.8. The molecule has 1 aromatic carbocycles. The molecule has 0 spiro atoms. The molecule has 1 aliphatic heterocycles. The number of aliphatic carboxylic acids is 1. The van der Waals surface area contributed by atoms with Crippen molar-refractivity contribution in [2.45, 2.75) is 24.8 Å². The average molecular weight is 324 g/mol. The molecule has 1 aliphatic carbocycles. The summed E-state index contributed by atoms with van der Waals surface area (Å²) in [5, 5.41) is 11.5. The second kappa shape index (κ2) is 5.29. The molecule has 1 atom stereocenters. The van der Waals surface area contributed by atoms with Gasteiger partial charge < -0.3 is 15.3 Å². The van der Waals surface area contributed by atoms with Crippen molar-refractivity contribution in [3.63, 3.8) is 0 Å². The van der Waals surface area contributed by atoms with E-state index in [9.17, 15) is 23.2 Å². The van der Waals surface area contributed by atoms with Crippen LogP contribution in [0.3, 0.4) is 0 Å². The molecule has 1 saturated heterocycles. The van der Waals surface area contributed by atoms with E-state index in [1.807, 2.05) is 0 Å². The van der Waals surface area contributed by atoms with Crippen LogP contribution in [0.1, 0.15) is 19.3 Å². The Bertz CT molecular complexity index is 682. The zero-order valence-corrected chi connectivity index (χ0v) is 12.0. The molecule has 2 amide bonds. The van der Waals surface area contributed by atoms with E-state index in [4.69, 9.17) is 5.11 Å². The van der Waals surface area contributed by atoms with Crippen molar-refractivity contribution >= 4 is 23.5 Å². The van der Waals surface area contributed by atoms with E-state index < -0.39 is 40.9 Å². The number of carboxylic acid groups (broad SMARTS) is 1. The first-order valence-corrected chi connectivity index (χ1v) is 7.13. The number of carbonyl (C=O) groups excluding carboxylic acids is 2. The van der Waals surface area contributed by atoms with Crippen LogP contribution in [0.2, 0.25) is 0 Å². The van der Waals surface area contributed by atoms with Crippen molar-refractivity contribution in [3.8, 4) is 0 Å². The highest BCUT2D eigenvalue weighted by molar-refractivity contribution is 6.01. The second-order valence-electron chi connectivity index (χ2n) is 5.91. The first kappa shape index (κ1) is 15.4. The number of nitrogens with zero attached hydrogens (tertiary/aromatic N) is 1. The first-order valence-electron chi connectivity index (χ1n) is 7.13. The van der Waals surface area contributed by atoms with Crippen LogP contribution in [-0.2, 0) is 14.4 Å². The zero-order valence-electron chi connectivity index (χ0n) is 12.0. The van der Waals surface area contributed by atoms with Crippen molar-refractivity contribution in [2.75, 3.05) is 11.4 Å². The van der Waals surface area contributed by atoms with E-state index in [-0.39, 0.29) is 18.7 Å². The van der Waals surface area contributed by atoms with Crippen LogP contribution in [0, 0.1) is 17.6 Å². The van der Waals surface area contributed by atoms with Crippen LogP contribution < -0.4 is 10.2 Å². The fraction of sp³-hybridized carbons (Fsp3) is 0.400. The van der Waals surface area contributed by atoms with Crippen molar-refractivity contribution in [3.05, 3.63) is 29.8 Å². The summed E-state index contributed by atoms with van der Waals surface area (Å²) in [6.07, 6.45) is 0.584. The lowest BCUT2D eigenvalue weighted by atomic mass is 10.1. The Hall–Kier alpha value is -2.51. The lowest BCUT2D eigenvalue weighted by Crippen LogP contribution is -2.46. The third-order valence-corrected chi connectivity index (χ3v) is 4.18. The van der Waals surface area contributed by atoms with Gasteiger partial charge in [0.15, 0.2) is 0 Å². The van der Waals surface area contributed by atoms with Gasteiger partial charge >= 0.3 is 5.97 Å². The van der Waals surface area contributed by atoms with Gasteiger partial charge in [-0.1, -0.05) is 0 Å². The van der Waals surface area contributed by atoms with Crippen LogP contribution in [0.25, 0.3) is 0 Å². The maximum atomic E-state index is 13.3. The number of rotatable bonds is 4. The average Bonchev–Trinajstić information content (AvgIpc) is 3.12. The number of benzene rings is 1. The monoisotopic (exact) mass is 324 g/mol. The van der Waals surface area contributed by atoms with Crippen molar-refractivity contribution in [2.24, 2.45) is 5.92 Å². The number of amides is 2. The van der Waals surface area contributed by atoms with Crippen molar-refractivity contribution in [1.82, 2.24) is 5.32 Å². The van der Waals surface area contributed by atoms with Crippen LogP contribution in [0.4, 0.5) is 14.5 Å². The summed E-state index contributed by atoms with van der Waals surface area (Å²) in [7, 11) is 0. The molecule has 6 nitrogen and oxygen atoms in total. The number of hydrogen-bond donors (Lipinski definition) is 2. The van der Waals surface area contributed by atoms with E-state index in [1.54, 1.807) is 0 Å². The Kier molecular flexibility index (Phi) is 3.54. The molecule has 0 aromatic heterocycles. The summed E-state index contributed by atoms with van der Waals surface area (Å²) in [5.74, 6) is -4.44. The summed E-state index contributed by atoms with van der Waals surface area (Å²) in [6, 6.07) is 2.72. The van der Waals surface area contributed by atoms with Gasteiger partial charge in [-0.05, 0) is 25.0 Å². The normalized spacial score (nSPS) is 22.1. The Morgan fingerprint density at radius 3 is 2.35 bits per heavy atom. The van der Waals surface area contributed by atoms with E-state index >= 15 is 0 Å². The predicted octanol–water partition coefficient (Wildman–Crippen LogP) is 1.05. The molecule has 1 unspecified atom stereocenters. The lowest BCUT2D eigenvalue weighted by molar-refractivity contribution is -0.143. The largest absolute Gasteiger partial charge is 0.480 e. The molecule has 1 aromatic rings. The summed E-state index contributed by atoms with van der Waals surface area (Å²) in [5.41, 5.74) is -1.18. The van der Waals surface area contributed by atoms with Gasteiger partial charge in [0.05, 0.1) is 5.92 Å². The molecule has 2 N–H and O–H groups in total. The summed E-state index contributed by atoms with van der Waals surface area (Å²) >= 11 is 0. The molecule has 1 heterocycles. The van der Waals surface area contributed by atoms with Crippen LogP contribution in [0.15, 0.2) is 18.2 Å². The van der Waals surface area contributed by atoms with Crippen LogP contribution in [0.5, 0.6) is 0 Å². The molecular weight excluding hydrogens is 310 g/mol. The van der Waals surface area contributed by atoms with Crippen molar-refractivity contribution < 1.29 is 28.3 Å². The number of anilines is 1. The SMILES string of the molecule is O=C(NC1(C(=O)O)CC1)C1CC(=O)N(c2cc(F)cc(F)c2)C1. The minimum absolute atomic E-state index is 0.0384. The van der Waals surface area contributed by atoms with Gasteiger partial charge in [0.2, 0.25) is 11.8 Å².